The van der Waals surface area contributed by atoms with Crippen molar-refractivity contribution in [2.45, 2.75) is 13.1 Å². The molecule has 1 rings (SSSR count). The Morgan fingerprint density at radius 3 is 2.50 bits per heavy atom. The van der Waals surface area contributed by atoms with Crippen molar-refractivity contribution in [1.82, 2.24) is 10.6 Å². The van der Waals surface area contributed by atoms with E-state index in [9.17, 15) is 22.8 Å². The van der Waals surface area contributed by atoms with Gasteiger partial charge in [-0.15, -0.1) is 0 Å². The number of halogens is 3. The molecule has 0 aliphatic rings. The van der Waals surface area contributed by atoms with Crippen LogP contribution in [0, 0.1) is 0 Å². The molecule has 1 aromatic carbocycles. The van der Waals surface area contributed by atoms with Gasteiger partial charge in [0.1, 0.15) is 5.75 Å². The van der Waals surface area contributed by atoms with Crippen molar-refractivity contribution in [3.8, 4) is 5.75 Å². The van der Waals surface area contributed by atoms with E-state index < -0.39 is 29.4 Å². The van der Waals surface area contributed by atoms with Gasteiger partial charge in [0.25, 0.3) is 0 Å². The molecule has 3 N–H and O–H groups in total. The van der Waals surface area contributed by atoms with Crippen molar-refractivity contribution in [3.63, 3.8) is 0 Å². The van der Waals surface area contributed by atoms with Gasteiger partial charge in [-0.3, -0.25) is 4.79 Å². The predicted molar refractivity (Wildman–Crippen MR) is 73.7 cm³/mol. The molecule has 0 radical (unpaired) electrons. The number of anilines is 1. The molecule has 0 bridgehead atoms. The molecule has 0 saturated heterocycles. The van der Waals surface area contributed by atoms with Crippen LogP contribution in [0.25, 0.3) is 0 Å². The summed E-state index contributed by atoms with van der Waals surface area (Å²) in [6.45, 7) is 1.52. The van der Waals surface area contributed by atoms with E-state index in [1.807, 2.05) is 0 Å². The second-order valence-corrected chi connectivity index (χ2v) is 4.12. The Hall–Kier alpha value is -2.45. The highest BCUT2D eigenvalue weighted by molar-refractivity contribution is 5.93. The van der Waals surface area contributed by atoms with Crippen molar-refractivity contribution in [2.24, 2.45) is 0 Å². The van der Waals surface area contributed by atoms with E-state index in [1.54, 1.807) is 6.92 Å². The molecule has 6 nitrogen and oxygen atoms in total. The van der Waals surface area contributed by atoms with Crippen LogP contribution in [0.1, 0.15) is 12.5 Å². The maximum Gasteiger partial charge on any atom is 0.418 e. The lowest BCUT2D eigenvalue weighted by molar-refractivity contribution is -0.137. The maximum absolute atomic E-state index is 13.0. The van der Waals surface area contributed by atoms with E-state index in [-0.39, 0.29) is 18.9 Å². The summed E-state index contributed by atoms with van der Waals surface area (Å²) in [6, 6.07) is 2.29. The lowest BCUT2D eigenvalue weighted by atomic mass is 10.1. The molecule has 3 amide bonds. The first-order chi connectivity index (χ1) is 10.3. The molecule has 0 unspecified atom stereocenters. The number of benzene rings is 1. The SMILES string of the molecule is CCOc1ccc(NC(=O)NCC(=O)NC)c(C(F)(F)F)c1. The van der Waals surface area contributed by atoms with Gasteiger partial charge in [-0.25, -0.2) is 4.79 Å². The van der Waals surface area contributed by atoms with Crippen LogP contribution >= 0.6 is 0 Å². The predicted octanol–water partition coefficient (Wildman–Crippen LogP) is 1.97. The van der Waals surface area contributed by atoms with Gasteiger partial charge in [-0.1, -0.05) is 0 Å². The summed E-state index contributed by atoms with van der Waals surface area (Å²) < 4.78 is 44.0. The molecule has 0 aromatic heterocycles. The van der Waals surface area contributed by atoms with E-state index >= 15 is 0 Å². The highest BCUT2D eigenvalue weighted by atomic mass is 19.4. The van der Waals surface area contributed by atoms with Crippen LogP contribution in [0.4, 0.5) is 23.7 Å². The molecule has 0 aliphatic heterocycles. The Labute approximate surface area is 125 Å². The van der Waals surface area contributed by atoms with E-state index in [0.29, 0.717) is 0 Å². The summed E-state index contributed by atoms with van der Waals surface area (Å²) >= 11 is 0. The number of nitrogens with one attached hydrogen (secondary N) is 3. The van der Waals surface area contributed by atoms with Crippen molar-refractivity contribution < 1.29 is 27.5 Å². The quantitative estimate of drug-likeness (QED) is 0.776. The Bertz CT molecular complexity index is 547. The molecular weight excluding hydrogens is 303 g/mol. The minimum atomic E-state index is -4.66. The number of rotatable bonds is 5. The number of carbonyl (C=O) groups is 2. The molecule has 0 fully saturated rings. The number of alkyl halides is 3. The Kier molecular flexibility index (Phi) is 6.02. The van der Waals surface area contributed by atoms with E-state index in [4.69, 9.17) is 4.74 Å². The van der Waals surface area contributed by atoms with Crippen LogP contribution in [0.5, 0.6) is 5.75 Å². The van der Waals surface area contributed by atoms with Gasteiger partial charge in [-0.05, 0) is 25.1 Å². The Balaban J connectivity index is 2.89. The third-order valence-electron chi connectivity index (χ3n) is 2.54. The molecule has 122 valence electrons. The average Bonchev–Trinajstić information content (AvgIpc) is 2.45. The normalized spacial score (nSPS) is 10.8. The van der Waals surface area contributed by atoms with Crippen LogP contribution in [-0.2, 0) is 11.0 Å². The highest BCUT2D eigenvalue weighted by Crippen LogP contribution is 2.37. The summed E-state index contributed by atoms with van der Waals surface area (Å²) in [7, 11) is 1.37. The number of urea groups is 1. The minimum absolute atomic E-state index is 0.0474. The van der Waals surface area contributed by atoms with Crippen LogP contribution in [0.2, 0.25) is 0 Å². The summed E-state index contributed by atoms with van der Waals surface area (Å²) in [5.74, 6) is -0.427. The highest BCUT2D eigenvalue weighted by Gasteiger charge is 2.34. The van der Waals surface area contributed by atoms with Gasteiger partial charge in [0.2, 0.25) is 5.91 Å². The van der Waals surface area contributed by atoms with Crippen molar-refractivity contribution in [3.05, 3.63) is 23.8 Å². The van der Waals surface area contributed by atoms with Gasteiger partial charge < -0.3 is 20.7 Å². The topological polar surface area (TPSA) is 79.5 Å². The molecule has 0 saturated carbocycles. The third-order valence-corrected chi connectivity index (χ3v) is 2.54. The second-order valence-electron chi connectivity index (χ2n) is 4.12. The number of hydrogen-bond donors (Lipinski definition) is 3. The van der Waals surface area contributed by atoms with Crippen LogP contribution in [-0.4, -0.2) is 32.1 Å². The number of carbonyl (C=O) groups excluding carboxylic acids is 2. The average molecular weight is 319 g/mol. The summed E-state index contributed by atoms with van der Waals surface area (Å²) in [5.41, 5.74) is -1.46. The largest absolute Gasteiger partial charge is 0.494 e. The molecule has 0 heterocycles. The van der Waals surface area contributed by atoms with Crippen molar-refractivity contribution in [1.29, 1.82) is 0 Å². The zero-order chi connectivity index (χ0) is 16.8. The molecule has 9 heteroatoms. The monoisotopic (exact) mass is 319 g/mol. The lowest BCUT2D eigenvalue weighted by Crippen LogP contribution is -2.37. The fraction of sp³-hybridized carbons (Fsp3) is 0.385. The van der Waals surface area contributed by atoms with Crippen LogP contribution < -0.4 is 20.7 Å². The van der Waals surface area contributed by atoms with Crippen molar-refractivity contribution >= 4 is 17.6 Å². The molecule has 0 spiro atoms. The first-order valence-electron chi connectivity index (χ1n) is 6.37. The second kappa shape index (κ2) is 7.53. The molecule has 0 atom stereocenters. The van der Waals surface area contributed by atoms with Crippen molar-refractivity contribution in [2.75, 3.05) is 25.5 Å². The molecule has 1 aromatic rings. The van der Waals surface area contributed by atoms with E-state index in [1.165, 1.54) is 13.1 Å². The Morgan fingerprint density at radius 1 is 1.27 bits per heavy atom. The van der Waals surface area contributed by atoms with Gasteiger partial charge >= 0.3 is 12.2 Å². The fourth-order valence-electron chi connectivity index (χ4n) is 1.54. The summed E-state index contributed by atoms with van der Waals surface area (Å²) in [6.07, 6.45) is -4.66. The molecule has 22 heavy (non-hydrogen) atoms. The van der Waals surface area contributed by atoms with Crippen LogP contribution in [0.3, 0.4) is 0 Å². The van der Waals surface area contributed by atoms with Gasteiger partial charge in [0.15, 0.2) is 0 Å². The number of ether oxygens (including phenoxy) is 1. The van der Waals surface area contributed by atoms with E-state index in [0.717, 1.165) is 12.1 Å². The maximum atomic E-state index is 13.0. The van der Waals surface area contributed by atoms with Gasteiger partial charge in [-0.2, -0.15) is 13.2 Å². The lowest BCUT2D eigenvalue weighted by Gasteiger charge is -2.15. The summed E-state index contributed by atoms with van der Waals surface area (Å²) in [4.78, 5) is 22.5. The smallest absolute Gasteiger partial charge is 0.418 e. The standard InChI is InChI=1S/C13H16F3N3O3/c1-3-22-8-4-5-10(9(6-8)13(14,15)16)19-12(21)18-7-11(20)17-2/h4-6H,3,7H2,1-2H3,(H,17,20)(H2,18,19,21). The van der Waals surface area contributed by atoms with E-state index in [2.05, 4.69) is 16.0 Å². The molecular formula is C13H16F3N3O3. The molecule has 0 aliphatic carbocycles. The first kappa shape index (κ1) is 17.6. The van der Waals surface area contributed by atoms with Gasteiger partial charge in [0, 0.05) is 7.05 Å². The van der Waals surface area contributed by atoms with Crippen LogP contribution in [0.15, 0.2) is 18.2 Å². The number of amides is 3. The number of likely N-dealkylation sites (N-methyl/N-ethyl adjacent to an activating group) is 1. The zero-order valence-electron chi connectivity index (χ0n) is 12.0. The summed E-state index contributed by atoms with van der Waals surface area (Å²) in [5, 5.41) is 6.46. The Morgan fingerprint density at radius 2 is 1.95 bits per heavy atom. The third kappa shape index (κ3) is 5.15. The minimum Gasteiger partial charge on any atom is -0.494 e. The first-order valence-corrected chi connectivity index (χ1v) is 6.37. The fourth-order valence-corrected chi connectivity index (χ4v) is 1.54. The number of hydrogen-bond acceptors (Lipinski definition) is 3. The van der Waals surface area contributed by atoms with Gasteiger partial charge in [0.05, 0.1) is 24.4 Å². The zero-order valence-corrected chi connectivity index (χ0v) is 12.0.